The van der Waals surface area contributed by atoms with Crippen LogP contribution in [0.15, 0.2) is 42.5 Å². The molecule has 2 heterocycles. The van der Waals surface area contributed by atoms with Gasteiger partial charge >= 0.3 is 0 Å². The van der Waals surface area contributed by atoms with Gasteiger partial charge in [-0.15, -0.1) is 0 Å². The molecule has 0 aliphatic carbocycles. The van der Waals surface area contributed by atoms with E-state index >= 15 is 0 Å². The third-order valence-electron chi connectivity index (χ3n) is 5.77. The third-order valence-corrected chi connectivity index (χ3v) is 6.06. The summed E-state index contributed by atoms with van der Waals surface area (Å²) >= 11 is 6.27. The first-order chi connectivity index (χ1) is 15.0. The minimum absolute atomic E-state index is 0.0290. The van der Waals surface area contributed by atoms with E-state index in [9.17, 15) is 9.59 Å². The van der Waals surface area contributed by atoms with Crippen molar-refractivity contribution in [3.63, 3.8) is 0 Å². The van der Waals surface area contributed by atoms with Crippen molar-refractivity contribution in [1.82, 2.24) is 4.90 Å². The van der Waals surface area contributed by atoms with Crippen molar-refractivity contribution >= 4 is 29.1 Å². The second kappa shape index (κ2) is 9.16. The highest BCUT2D eigenvalue weighted by molar-refractivity contribution is 6.32. The van der Waals surface area contributed by atoms with Crippen molar-refractivity contribution in [2.75, 3.05) is 45.4 Å². The molecular weight excluding hydrogens is 420 g/mol. The number of nitrogens with zero attached hydrogens (tertiary/aromatic N) is 2. The van der Waals surface area contributed by atoms with Crippen molar-refractivity contribution < 1.29 is 23.8 Å². The average molecular weight is 445 g/mol. The molecule has 0 bridgehead atoms. The Kier molecular flexibility index (Phi) is 6.34. The van der Waals surface area contributed by atoms with Gasteiger partial charge in [0.2, 0.25) is 11.8 Å². The standard InChI is InChI=1S/C23H25ClN2O5/c1-29-19-12-20(30-2)18(11-17(19)24)26-13-16(10-22(26)27)23(28)25-8-9-31-21(14-25)15-6-4-3-5-7-15/h3-7,11-12,16,21H,8-10,13-14H2,1-2H3/t16-,21+/m0/s1. The lowest BCUT2D eigenvalue weighted by Gasteiger charge is -2.34. The molecule has 8 heteroatoms. The molecule has 0 radical (unpaired) electrons. The highest BCUT2D eigenvalue weighted by Gasteiger charge is 2.39. The van der Waals surface area contributed by atoms with Gasteiger partial charge < -0.3 is 24.0 Å². The Morgan fingerprint density at radius 2 is 1.84 bits per heavy atom. The number of carbonyl (C=O) groups is 2. The highest BCUT2D eigenvalue weighted by Crippen LogP contribution is 2.40. The Balaban J connectivity index is 1.49. The fourth-order valence-corrected chi connectivity index (χ4v) is 4.37. The van der Waals surface area contributed by atoms with Crippen LogP contribution in [0.4, 0.5) is 5.69 Å². The first-order valence-electron chi connectivity index (χ1n) is 10.2. The summed E-state index contributed by atoms with van der Waals surface area (Å²) in [4.78, 5) is 29.4. The van der Waals surface area contributed by atoms with Gasteiger partial charge in [-0.3, -0.25) is 9.59 Å². The number of anilines is 1. The highest BCUT2D eigenvalue weighted by atomic mass is 35.5. The van der Waals surface area contributed by atoms with Gasteiger partial charge in [-0.1, -0.05) is 41.9 Å². The van der Waals surface area contributed by atoms with E-state index in [0.29, 0.717) is 41.9 Å². The molecular formula is C23H25ClN2O5. The van der Waals surface area contributed by atoms with Gasteiger partial charge in [0.15, 0.2) is 0 Å². The minimum atomic E-state index is -0.424. The van der Waals surface area contributed by atoms with E-state index in [4.69, 9.17) is 25.8 Å². The quantitative estimate of drug-likeness (QED) is 0.707. The summed E-state index contributed by atoms with van der Waals surface area (Å²) in [6.45, 7) is 1.75. The summed E-state index contributed by atoms with van der Waals surface area (Å²) in [6, 6.07) is 13.2. The number of benzene rings is 2. The zero-order valence-corrected chi connectivity index (χ0v) is 18.3. The maximum atomic E-state index is 13.2. The number of rotatable bonds is 5. The average Bonchev–Trinajstić information content (AvgIpc) is 3.20. The number of methoxy groups -OCH3 is 2. The normalized spacial score (nSPS) is 21.3. The van der Waals surface area contributed by atoms with Crippen LogP contribution < -0.4 is 14.4 Å². The summed E-state index contributed by atoms with van der Waals surface area (Å²) < 4.78 is 16.5. The van der Waals surface area contributed by atoms with E-state index in [0.717, 1.165) is 5.56 Å². The summed E-state index contributed by atoms with van der Waals surface area (Å²) in [7, 11) is 3.04. The van der Waals surface area contributed by atoms with Crippen molar-refractivity contribution in [3.05, 3.63) is 53.1 Å². The summed E-state index contributed by atoms with van der Waals surface area (Å²) in [5, 5.41) is 0.375. The molecule has 2 aliphatic rings. The minimum Gasteiger partial charge on any atom is -0.495 e. The second-order valence-electron chi connectivity index (χ2n) is 7.62. The summed E-state index contributed by atoms with van der Waals surface area (Å²) in [5.41, 5.74) is 1.58. The molecule has 0 unspecified atom stereocenters. The van der Waals surface area contributed by atoms with E-state index in [1.165, 1.54) is 14.2 Å². The van der Waals surface area contributed by atoms with E-state index in [1.54, 1.807) is 21.9 Å². The fourth-order valence-electron chi connectivity index (χ4n) is 4.14. The predicted octanol–water partition coefficient (Wildman–Crippen LogP) is 3.31. The molecule has 2 amide bonds. The first kappa shape index (κ1) is 21.5. The molecule has 2 aromatic carbocycles. The number of halogens is 1. The Morgan fingerprint density at radius 3 is 2.55 bits per heavy atom. The monoisotopic (exact) mass is 444 g/mol. The van der Waals surface area contributed by atoms with Crippen molar-refractivity contribution in [3.8, 4) is 11.5 Å². The van der Waals surface area contributed by atoms with Gasteiger partial charge in [-0.25, -0.2) is 0 Å². The van der Waals surface area contributed by atoms with Gasteiger partial charge in [-0.2, -0.15) is 0 Å². The van der Waals surface area contributed by atoms with Crippen LogP contribution in [0.25, 0.3) is 0 Å². The molecule has 0 saturated carbocycles. The lowest BCUT2D eigenvalue weighted by Crippen LogP contribution is -2.45. The summed E-state index contributed by atoms with van der Waals surface area (Å²) in [6.07, 6.45) is -0.00785. The van der Waals surface area contributed by atoms with Crippen molar-refractivity contribution in [2.45, 2.75) is 12.5 Å². The maximum absolute atomic E-state index is 13.2. The second-order valence-corrected chi connectivity index (χ2v) is 8.03. The van der Waals surface area contributed by atoms with Crippen LogP contribution in [0.5, 0.6) is 11.5 Å². The number of morpholine rings is 1. The van der Waals surface area contributed by atoms with Crippen LogP contribution in [0.2, 0.25) is 5.02 Å². The number of carbonyl (C=O) groups excluding carboxylic acids is 2. The van der Waals surface area contributed by atoms with E-state index < -0.39 is 5.92 Å². The van der Waals surface area contributed by atoms with Gasteiger partial charge in [0, 0.05) is 25.6 Å². The Bertz CT molecular complexity index is 968. The van der Waals surface area contributed by atoms with Crippen LogP contribution in [0.1, 0.15) is 18.1 Å². The molecule has 2 fully saturated rings. The first-order valence-corrected chi connectivity index (χ1v) is 10.6. The van der Waals surface area contributed by atoms with E-state index in [1.807, 2.05) is 30.3 Å². The summed E-state index contributed by atoms with van der Waals surface area (Å²) in [5.74, 6) is 0.344. The van der Waals surface area contributed by atoms with E-state index in [-0.39, 0.29) is 30.9 Å². The molecule has 2 aliphatic heterocycles. The molecule has 0 aromatic heterocycles. The van der Waals surface area contributed by atoms with Crippen LogP contribution in [0, 0.1) is 5.92 Å². The molecule has 164 valence electrons. The van der Waals surface area contributed by atoms with Crippen LogP contribution in [-0.2, 0) is 14.3 Å². The third kappa shape index (κ3) is 4.34. The Morgan fingerprint density at radius 1 is 1.10 bits per heavy atom. The lowest BCUT2D eigenvalue weighted by atomic mass is 10.0. The van der Waals surface area contributed by atoms with E-state index in [2.05, 4.69) is 0 Å². The molecule has 0 spiro atoms. The number of amides is 2. The zero-order chi connectivity index (χ0) is 22.0. The Labute approximate surface area is 186 Å². The van der Waals surface area contributed by atoms with Crippen LogP contribution in [-0.4, -0.2) is 57.2 Å². The molecule has 2 atom stereocenters. The molecule has 2 saturated heterocycles. The van der Waals surface area contributed by atoms with Crippen molar-refractivity contribution in [1.29, 1.82) is 0 Å². The molecule has 4 rings (SSSR count). The fraction of sp³-hybridized carbons (Fsp3) is 0.391. The molecule has 31 heavy (non-hydrogen) atoms. The number of ether oxygens (including phenoxy) is 3. The van der Waals surface area contributed by atoms with Crippen LogP contribution >= 0.6 is 11.6 Å². The topological polar surface area (TPSA) is 68.3 Å². The predicted molar refractivity (Wildman–Crippen MR) is 117 cm³/mol. The molecule has 2 aromatic rings. The van der Waals surface area contributed by atoms with Gasteiger partial charge in [0.1, 0.15) is 17.6 Å². The Hall–Kier alpha value is -2.77. The molecule has 0 N–H and O–H groups in total. The SMILES string of the molecule is COc1cc(OC)c(N2C[C@@H](C(=O)N3CCO[C@@H](c4ccccc4)C3)CC2=O)cc1Cl. The smallest absolute Gasteiger partial charge is 0.228 e. The van der Waals surface area contributed by atoms with Gasteiger partial charge in [0.05, 0.1) is 44.0 Å². The van der Waals surface area contributed by atoms with Gasteiger partial charge in [0.25, 0.3) is 0 Å². The lowest BCUT2D eigenvalue weighted by molar-refractivity contribution is -0.143. The number of hydrogen-bond donors (Lipinski definition) is 0. The van der Waals surface area contributed by atoms with Gasteiger partial charge in [-0.05, 0) is 11.6 Å². The van der Waals surface area contributed by atoms with Crippen molar-refractivity contribution in [2.24, 2.45) is 5.92 Å². The zero-order valence-electron chi connectivity index (χ0n) is 17.5. The maximum Gasteiger partial charge on any atom is 0.228 e. The largest absolute Gasteiger partial charge is 0.495 e. The number of hydrogen-bond acceptors (Lipinski definition) is 5. The van der Waals surface area contributed by atoms with Crippen LogP contribution in [0.3, 0.4) is 0 Å². The molecule has 7 nitrogen and oxygen atoms in total.